The molecule has 1 saturated heterocycles. The molecule has 0 spiro atoms. The molecule has 0 saturated carbocycles. The van der Waals surface area contributed by atoms with E-state index >= 15 is 0 Å². The summed E-state index contributed by atoms with van der Waals surface area (Å²) in [6.07, 6.45) is 1.13. The van der Waals surface area contributed by atoms with Gasteiger partial charge in [-0.25, -0.2) is 9.78 Å². The Morgan fingerprint density at radius 3 is 2.79 bits per heavy atom. The lowest BCUT2D eigenvalue weighted by Gasteiger charge is -2.32. The van der Waals surface area contributed by atoms with Crippen LogP contribution in [0.1, 0.15) is 28.9 Å². The molecule has 0 atom stereocenters. The molecule has 6 heteroatoms. The van der Waals surface area contributed by atoms with E-state index in [0.29, 0.717) is 44.1 Å². The van der Waals surface area contributed by atoms with Crippen LogP contribution in [-0.2, 0) is 4.74 Å². The second-order valence-corrected chi connectivity index (χ2v) is 4.88. The molecule has 2 rings (SSSR count). The molecule has 0 unspecified atom stereocenters. The number of aromatic nitrogens is 1. The van der Waals surface area contributed by atoms with Gasteiger partial charge in [0.2, 0.25) is 0 Å². The number of nitrogens with zero attached hydrogens (tertiary/aromatic N) is 1. The summed E-state index contributed by atoms with van der Waals surface area (Å²) in [5.41, 5.74) is 0.00269. The first-order valence-corrected chi connectivity index (χ1v) is 6.24. The molecule has 0 aliphatic carbocycles. The summed E-state index contributed by atoms with van der Waals surface area (Å²) in [6, 6.07) is 2.98. The number of aryl methyl sites for hydroxylation is 1. The summed E-state index contributed by atoms with van der Waals surface area (Å²) in [5.74, 6) is -0.518. The molecule has 0 aromatic carbocycles. The van der Waals surface area contributed by atoms with E-state index in [9.17, 15) is 9.90 Å². The van der Waals surface area contributed by atoms with Gasteiger partial charge in [-0.3, -0.25) is 0 Å². The monoisotopic (exact) mass is 266 g/mol. The Hall–Kier alpha value is -1.66. The van der Waals surface area contributed by atoms with Crippen LogP contribution in [0.4, 0.5) is 5.82 Å². The van der Waals surface area contributed by atoms with Gasteiger partial charge in [-0.15, -0.1) is 0 Å². The molecule has 19 heavy (non-hydrogen) atoms. The highest BCUT2D eigenvalue weighted by Crippen LogP contribution is 2.21. The average molecular weight is 266 g/mol. The number of aromatic carboxylic acids is 1. The van der Waals surface area contributed by atoms with Crippen molar-refractivity contribution in [2.75, 3.05) is 25.1 Å². The van der Waals surface area contributed by atoms with Gasteiger partial charge < -0.3 is 20.3 Å². The van der Waals surface area contributed by atoms with E-state index in [2.05, 4.69) is 10.3 Å². The number of aliphatic hydroxyl groups is 1. The number of pyridine rings is 1. The quantitative estimate of drug-likeness (QED) is 0.754. The van der Waals surface area contributed by atoms with Gasteiger partial charge in [-0.1, -0.05) is 0 Å². The molecule has 1 aromatic rings. The molecule has 0 radical (unpaired) electrons. The van der Waals surface area contributed by atoms with Crippen LogP contribution in [0.3, 0.4) is 0 Å². The minimum atomic E-state index is -0.988. The Bertz CT molecular complexity index is 470. The zero-order valence-electron chi connectivity index (χ0n) is 10.8. The van der Waals surface area contributed by atoms with Crippen molar-refractivity contribution in [2.24, 2.45) is 0 Å². The smallest absolute Gasteiger partial charge is 0.335 e. The van der Waals surface area contributed by atoms with Gasteiger partial charge in [0.25, 0.3) is 0 Å². The Kier molecular flexibility index (Phi) is 4.01. The van der Waals surface area contributed by atoms with Crippen molar-refractivity contribution in [3.63, 3.8) is 0 Å². The first-order valence-electron chi connectivity index (χ1n) is 6.24. The van der Waals surface area contributed by atoms with E-state index in [1.54, 1.807) is 6.92 Å². The van der Waals surface area contributed by atoms with Crippen molar-refractivity contribution in [1.82, 2.24) is 4.98 Å². The van der Waals surface area contributed by atoms with Crippen LogP contribution >= 0.6 is 0 Å². The summed E-state index contributed by atoms with van der Waals surface area (Å²) in [4.78, 5) is 15.2. The third-order valence-electron chi connectivity index (χ3n) is 3.22. The van der Waals surface area contributed by atoms with Crippen LogP contribution in [0.5, 0.6) is 0 Å². The van der Waals surface area contributed by atoms with Crippen LogP contribution in [-0.4, -0.2) is 46.5 Å². The number of rotatable bonds is 4. The van der Waals surface area contributed by atoms with E-state index in [4.69, 9.17) is 9.84 Å². The zero-order chi connectivity index (χ0) is 13.9. The molecule has 1 aliphatic heterocycles. The first-order chi connectivity index (χ1) is 8.98. The van der Waals surface area contributed by atoms with Gasteiger partial charge >= 0.3 is 5.97 Å². The number of nitrogens with one attached hydrogen (secondary N) is 1. The number of ether oxygens (including phenoxy) is 1. The zero-order valence-corrected chi connectivity index (χ0v) is 10.8. The van der Waals surface area contributed by atoms with Crippen molar-refractivity contribution < 1.29 is 19.7 Å². The maximum absolute atomic E-state index is 11.0. The number of carboxylic acid groups (broad SMARTS) is 1. The minimum absolute atomic E-state index is 0.189. The fourth-order valence-corrected chi connectivity index (χ4v) is 2.07. The molecule has 0 bridgehead atoms. The third kappa shape index (κ3) is 3.65. The minimum Gasteiger partial charge on any atom is -0.478 e. The molecule has 1 aliphatic rings. The molecule has 6 nitrogen and oxygen atoms in total. The summed E-state index contributed by atoms with van der Waals surface area (Å²) >= 11 is 0. The molecular weight excluding hydrogens is 248 g/mol. The second-order valence-electron chi connectivity index (χ2n) is 4.88. The second kappa shape index (κ2) is 5.54. The molecule has 3 N–H and O–H groups in total. The summed E-state index contributed by atoms with van der Waals surface area (Å²) < 4.78 is 5.21. The number of carbonyl (C=O) groups is 1. The SMILES string of the molecule is Cc1cc(C(=O)O)cc(NCC2(O)CCOCC2)n1. The fraction of sp³-hybridized carbons (Fsp3) is 0.538. The summed E-state index contributed by atoms with van der Waals surface area (Å²) in [5, 5.41) is 22.3. The number of anilines is 1. The van der Waals surface area contributed by atoms with Gasteiger partial charge in [0.15, 0.2) is 0 Å². The lowest BCUT2D eigenvalue weighted by Crippen LogP contribution is -2.42. The predicted octanol–water partition coefficient (Wildman–Crippen LogP) is 1.04. The Labute approximate surface area is 111 Å². The summed E-state index contributed by atoms with van der Waals surface area (Å²) in [7, 11) is 0. The van der Waals surface area contributed by atoms with Crippen LogP contribution in [0.25, 0.3) is 0 Å². The molecule has 1 fully saturated rings. The predicted molar refractivity (Wildman–Crippen MR) is 69.4 cm³/mol. The highest BCUT2D eigenvalue weighted by Gasteiger charge is 2.29. The van der Waals surface area contributed by atoms with Gasteiger partial charge in [0, 0.05) is 38.3 Å². The molecule has 2 heterocycles. The number of hydrogen-bond acceptors (Lipinski definition) is 5. The largest absolute Gasteiger partial charge is 0.478 e. The Morgan fingerprint density at radius 2 is 2.16 bits per heavy atom. The van der Waals surface area contributed by atoms with Gasteiger partial charge in [-0.05, 0) is 19.1 Å². The highest BCUT2D eigenvalue weighted by molar-refractivity contribution is 5.88. The maximum atomic E-state index is 11.0. The van der Waals surface area contributed by atoms with E-state index in [-0.39, 0.29) is 5.56 Å². The van der Waals surface area contributed by atoms with E-state index in [0.717, 1.165) is 0 Å². The highest BCUT2D eigenvalue weighted by atomic mass is 16.5. The number of carboxylic acids is 1. The van der Waals surface area contributed by atoms with Crippen molar-refractivity contribution in [1.29, 1.82) is 0 Å². The fourth-order valence-electron chi connectivity index (χ4n) is 2.07. The van der Waals surface area contributed by atoms with Crippen LogP contribution in [0.15, 0.2) is 12.1 Å². The van der Waals surface area contributed by atoms with Crippen LogP contribution < -0.4 is 5.32 Å². The summed E-state index contributed by atoms with van der Waals surface area (Å²) in [6.45, 7) is 3.16. The van der Waals surface area contributed by atoms with E-state index in [1.165, 1.54) is 12.1 Å². The lowest BCUT2D eigenvalue weighted by molar-refractivity contribution is -0.0543. The van der Waals surface area contributed by atoms with Crippen molar-refractivity contribution >= 4 is 11.8 Å². The molecule has 104 valence electrons. The van der Waals surface area contributed by atoms with Gasteiger partial charge in [0.05, 0.1) is 11.2 Å². The molecule has 1 aromatic heterocycles. The molecule has 0 amide bonds. The van der Waals surface area contributed by atoms with Gasteiger partial charge in [0.1, 0.15) is 5.82 Å². The number of hydrogen-bond donors (Lipinski definition) is 3. The van der Waals surface area contributed by atoms with Crippen molar-refractivity contribution in [3.8, 4) is 0 Å². The first kappa shape index (κ1) is 13.8. The molecular formula is C13H18N2O4. The average Bonchev–Trinajstić information content (AvgIpc) is 2.37. The Balaban J connectivity index is 2.04. The Morgan fingerprint density at radius 1 is 1.47 bits per heavy atom. The van der Waals surface area contributed by atoms with Gasteiger partial charge in [-0.2, -0.15) is 0 Å². The normalized spacial score (nSPS) is 18.0. The topological polar surface area (TPSA) is 91.7 Å². The van der Waals surface area contributed by atoms with E-state index in [1.807, 2.05) is 0 Å². The van der Waals surface area contributed by atoms with Crippen molar-refractivity contribution in [2.45, 2.75) is 25.4 Å². The third-order valence-corrected chi connectivity index (χ3v) is 3.22. The standard InChI is InChI=1S/C13H18N2O4/c1-9-6-10(12(16)17)7-11(15-9)14-8-13(18)2-4-19-5-3-13/h6-7,18H,2-5,8H2,1H3,(H,14,15)(H,16,17). The van der Waals surface area contributed by atoms with Crippen LogP contribution in [0, 0.1) is 6.92 Å². The van der Waals surface area contributed by atoms with E-state index < -0.39 is 11.6 Å². The maximum Gasteiger partial charge on any atom is 0.335 e. The lowest BCUT2D eigenvalue weighted by atomic mass is 9.94. The van der Waals surface area contributed by atoms with Crippen LogP contribution in [0.2, 0.25) is 0 Å². The van der Waals surface area contributed by atoms with Crippen molar-refractivity contribution in [3.05, 3.63) is 23.4 Å².